The van der Waals surface area contributed by atoms with Gasteiger partial charge in [0.2, 0.25) is 5.91 Å². The standard InChI is InChI=1S/C23H31N5O3/c1-15(2)14-28-16(3)25-21-22(28)18-7-6-17(13-19(18)26-23(21)24)31-10-4-5-20(29)27-8-11-30-12-9-27/h6-7,13,15H,4-5,8-12,14H2,1-3H3,(H2,24,26). The van der Waals surface area contributed by atoms with E-state index in [0.717, 1.165) is 40.1 Å². The monoisotopic (exact) mass is 425 g/mol. The maximum atomic E-state index is 12.2. The van der Waals surface area contributed by atoms with Crippen molar-refractivity contribution in [3.05, 3.63) is 24.0 Å². The second-order valence-corrected chi connectivity index (χ2v) is 8.48. The average molecular weight is 426 g/mol. The number of carbonyl (C=O) groups is 1. The maximum Gasteiger partial charge on any atom is 0.222 e. The molecular weight excluding hydrogens is 394 g/mol. The van der Waals surface area contributed by atoms with Crippen LogP contribution in [0.1, 0.15) is 32.5 Å². The van der Waals surface area contributed by atoms with Gasteiger partial charge in [-0.3, -0.25) is 4.79 Å². The first-order valence-corrected chi connectivity index (χ1v) is 11.0. The first-order chi connectivity index (χ1) is 14.9. The molecule has 8 nitrogen and oxygen atoms in total. The third-order valence-corrected chi connectivity index (χ3v) is 5.58. The first-order valence-electron chi connectivity index (χ1n) is 11.0. The number of nitrogens with two attached hydrogens (primary N) is 1. The number of amides is 1. The SMILES string of the molecule is Cc1nc2c(N)nc3cc(OCCCC(=O)N4CCOCC4)ccc3c2n1CC(C)C. The molecule has 4 rings (SSSR count). The molecule has 2 aromatic heterocycles. The number of rotatable bonds is 7. The molecule has 0 unspecified atom stereocenters. The Hall–Kier alpha value is -2.87. The largest absolute Gasteiger partial charge is 0.494 e. The van der Waals surface area contributed by atoms with Crippen LogP contribution in [0.2, 0.25) is 0 Å². The number of hydrogen-bond donors (Lipinski definition) is 1. The summed E-state index contributed by atoms with van der Waals surface area (Å²) in [5, 5.41) is 1.01. The van der Waals surface area contributed by atoms with Crippen molar-refractivity contribution in [2.75, 3.05) is 38.6 Å². The molecular formula is C23H31N5O3. The first kappa shape index (κ1) is 21.4. The summed E-state index contributed by atoms with van der Waals surface area (Å²) >= 11 is 0. The van der Waals surface area contributed by atoms with Crippen LogP contribution >= 0.6 is 0 Å². The van der Waals surface area contributed by atoms with Gasteiger partial charge in [-0.05, 0) is 31.4 Å². The Morgan fingerprint density at radius 2 is 2.03 bits per heavy atom. The third kappa shape index (κ3) is 4.58. The van der Waals surface area contributed by atoms with E-state index in [0.29, 0.717) is 57.5 Å². The summed E-state index contributed by atoms with van der Waals surface area (Å²) in [6, 6.07) is 5.89. The van der Waals surface area contributed by atoms with E-state index < -0.39 is 0 Å². The van der Waals surface area contributed by atoms with E-state index in [9.17, 15) is 4.79 Å². The Kier molecular flexibility index (Phi) is 6.27. The highest BCUT2D eigenvalue weighted by Gasteiger charge is 2.17. The van der Waals surface area contributed by atoms with Crippen molar-refractivity contribution < 1.29 is 14.3 Å². The van der Waals surface area contributed by atoms with Gasteiger partial charge in [0.1, 0.15) is 17.1 Å². The zero-order valence-electron chi connectivity index (χ0n) is 18.6. The summed E-state index contributed by atoms with van der Waals surface area (Å²) in [7, 11) is 0. The Balaban J connectivity index is 1.47. The lowest BCUT2D eigenvalue weighted by molar-refractivity contribution is -0.135. The number of morpholine rings is 1. The van der Waals surface area contributed by atoms with E-state index in [1.807, 2.05) is 30.0 Å². The van der Waals surface area contributed by atoms with Gasteiger partial charge in [0.25, 0.3) is 0 Å². The molecule has 0 saturated carbocycles. The van der Waals surface area contributed by atoms with Crippen molar-refractivity contribution in [3.63, 3.8) is 0 Å². The lowest BCUT2D eigenvalue weighted by Crippen LogP contribution is -2.40. The summed E-state index contributed by atoms with van der Waals surface area (Å²) in [6.45, 7) is 10.3. The van der Waals surface area contributed by atoms with Crippen molar-refractivity contribution >= 4 is 33.7 Å². The van der Waals surface area contributed by atoms with Crippen molar-refractivity contribution in [2.45, 2.75) is 40.2 Å². The highest BCUT2D eigenvalue weighted by Crippen LogP contribution is 2.31. The molecule has 3 heterocycles. The zero-order valence-corrected chi connectivity index (χ0v) is 18.6. The normalized spacial score (nSPS) is 14.6. The Bertz CT molecular complexity index is 1090. The smallest absolute Gasteiger partial charge is 0.222 e. The molecule has 0 radical (unpaired) electrons. The molecule has 1 saturated heterocycles. The Morgan fingerprint density at radius 1 is 1.26 bits per heavy atom. The molecule has 0 spiro atoms. The number of nitrogen functional groups attached to an aromatic ring is 1. The van der Waals surface area contributed by atoms with Crippen LogP contribution in [0.4, 0.5) is 5.82 Å². The number of aromatic nitrogens is 3. The van der Waals surface area contributed by atoms with Crippen molar-refractivity contribution in [1.82, 2.24) is 19.4 Å². The number of pyridine rings is 1. The van der Waals surface area contributed by atoms with Gasteiger partial charge in [-0.1, -0.05) is 13.8 Å². The number of benzene rings is 1. The van der Waals surface area contributed by atoms with Gasteiger partial charge >= 0.3 is 0 Å². The molecule has 31 heavy (non-hydrogen) atoms. The predicted molar refractivity (Wildman–Crippen MR) is 121 cm³/mol. The number of fused-ring (bicyclic) bond motifs is 3. The number of imidazole rings is 1. The fraction of sp³-hybridized carbons (Fsp3) is 0.522. The molecule has 8 heteroatoms. The molecule has 0 atom stereocenters. The summed E-state index contributed by atoms with van der Waals surface area (Å²) in [5.74, 6) is 2.75. The van der Waals surface area contributed by atoms with E-state index >= 15 is 0 Å². The van der Waals surface area contributed by atoms with Gasteiger partial charge in [-0.25, -0.2) is 9.97 Å². The van der Waals surface area contributed by atoms with Gasteiger partial charge in [-0.2, -0.15) is 0 Å². The molecule has 1 aromatic carbocycles. The lowest BCUT2D eigenvalue weighted by Gasteiger charge is -2.26. The molecule has 1 aliphatic rings. The summed E-state index contributed by atoms with van der Waals surface area (Å²) in [6.07, 6.45) is 1.15. The van der Waals surface area contributed by atoms with Crippen LogP contribution < -0.4 is 10.5 Å². The van der Waals surface area contributed by atoms with E-state index in [4.69, 9.17) is 15.2 Å². The maximum absolute atomic E-state index is 12.2. The quantitative estimate of drug-likeness (QED) is 0.584. The highest BCUT2D eigenvalue weighted by atomic mass is 16.5. The van der Waals surface area contributed by atoms with Crippen LogP contribution in [0.5, 0.6) is 5.75 Å². The molecule has 0 bridgehead atoms. The molecule has 1 aliphatic heterocycles. The minimum Gasteiger partial charge on any atom is -0.494 e. The fourth-order valence-electron chi connectivity index (χ4n) is 4.07. The number of ether oxygens (including phenoxy) is 2. The van der Waals surface area contributed by atoms with Crippen LogP contribution in [0.15, 0.2) is 18.2 Å². The molecule has 166 valence electrons. The number of nitrogens with zero attached hydrogens (tertiary/aromatic N) is 4. The fourth-order valence-corrected chi connectivity index (χ4v) is 4.07. The van der Waals surface area contributed by atoms with Crippen molar-refractivity contribution in [3.8, 4) is 5.75 Å². The second kappa shape index (κ2) is 9.09. The van der Waals surface area contributed by atoms with E-state index in [2.05, 4.69) is 28.4 Å². The molecule has 1 fully saturated rings. The van der Waals surface area contributed by atoms with E-state index in [1.165, 1.54) is 0 Å². The zero-order chi connectivity index (χ0) is 22.0. The second-order valence-electron chi connectivity index (χ2n) is 8.48. The Morgan fingerprint density at radius 3 is 2.77 bits per heavy atom. The number of anilines is 1. The molecule has 2 N–H and O–H groups in total. The van der Waals surface area contributed by atoms with Gasteiger partial charge < -0.3 is 24.7 Å². The van der Waals surface area contributed by atoms with Crippen LogP contribution in [0.25, 0.3) is 21.9 Å². The number of aryl methyl sites for hydroxylation is 1. The van der Waals surface area contributed by atoms with Gasteiger partial charge in [-0.15, -0.1) is 0 Å². The highest BCUT2D eigenvalue weighted by molar-refractivity contribution is 6.06. The molecule has 1 amide bonds. The minimum atomic E-state index is 0.163. The summed E-state index contributed by atoms with van der Waals surface area (Å²) in [5.41, 5.74) is 8.80. The van der Waals surface area contributed by atoms with Crippen LogP contribution in [0.3, 0.4) is 0 Å². The minimum absolute atomic E-state index is 0.163. The summed E-state index contributed by atoms with van der Waals surface area (Å²) < 4.78 is 13.4. The van der Waals surface area contributed by atoms with Crippen LogP contribution in [0, 0.1) is 12.8 Å². The summed E-state index contributed by atoms with van der Waals surface area (Å²) in [4.78, 5) is 23.3. The molecule has 0 aliphatic carbocycles. The van der Waals surface area contributed by atoms with E-state index in [-0.39, 0.29) is 5.91 Å². The van der Waals surface area contributed by atoms with Crippen LogP contribution in [-0.4, -0.2) is 58.3 Å². The average Bonchev–Trinajstić information content (AvgIpc) is 3.08. The van der Waals surface area contributed by atoms with Crippen molar-refractivity contribution in [1.29, 1.82) is 0 Å². The van der Waals surface area contributed by atoms with Crippen LogP contribution in [-0.2, 0) is 16.1 Å². The number of hydrogen-bond acceptors (Lipinski definition) is 6. The van der Waals surface area contributed by atoms with Crippen molar-refractivity contribution in [2.24, 2.45) is 5.92 Å². The van der Waals surface area contributed by atoms with E-state index in [1.54, 1.807) is 0 Å². The lowest BCUT2D eigenvalue weighted by atomic mass is 10.1. The number of carbonyl (C=O) groups excluding carboxylic acids is 1. The van der Waals surface area contributed by atoms with Gasteiger partial charge in [0.05, 0.1) is 30.9 Å². The molecule has 3 aromatic rings. The van der Waals surface area contributed by atoms with Gasteiger partial charge in [0.15, 0.2) is 5.82 Å². The van der Waals surface area contributed by atoms with Gasteiger partial charge in [0, 0.05) is 37.5 Å². The Labute approximate surface area is 182 Å². The predicted octanol–water partition coefficient (Wildman–Crippen LogP) is 3.15. The third-order valence-electron chi connectivity index (χ3n) is 5.58. The topological polar surface area (TPSA) is 95.5 Å².